The fourth-order valence-electron chi connectivity index (χ4n) is 2.09. The lowest BCUT2D eigenvalue weighted by Gasteiger charge is -2.05. The zero-order valence-corrected chi connectivity index (χ0v) is 12.8. The van der Waals surface area contributed by atoms with Crippen molar-refractivity contribution in [3.63, 3.8) is 0 Å². The summed E-state index contributed by atoms with van der Waals surface area (Å²) in [4.78, 5) is 19.2. The van der Waals surface area contributed by atoms with Crippen LogP contribution in [0.4, 0.5) is 0 Å². The summed E-state index contributed by atoms with van der Waals surface area (Å²) < 4.78 is 0. The maximum absolute atomic E-state index is 10.8. The number of carboxylic acid groups (broad SMARTS) is 1. The lowest BCUT2D eigenvalue weighted by molar-refractivity contribution is -0.132. The summed E-state index contributed by atoms with van der Waals surface area (Å²) in [5, 5.41) is 12.9. The molecule has 0 saturated carbocycles. The minimum absolute atomic E-state index is 0.267. The second kappa shape index (κ2) is 6.41. The van der Waals surface area contributed by atoms with Crippen molar-refractivity contribution in [1.29, 1.82) is 0 Å². The van der Waals surface area contributed by atoms with Gasteiger partial charge in [0.1, 0.15) is 5.70 Å². The Morgan fingerprint density at radius 2 is 2.00 bits per heavy atom. The topological polar surface area (TPSA) is 89.1 Å². The van der Waals surface area contributed by atoms with Crippen molar-refractivity contribution in [2.75, 3.05) is 0 Å². The molecule has 0 atom stereocenters. The van der Waals surface area contributed by atoms with Gasteiger partial charge in [0.15, 0.2) is 5.82 Å². The maximum Gasteiger partial charge on any atom is 0.351 e. The van der Waals surface area contributed by atoms with E-state index in [2.05, 4.69) is 21.4 Å². The molecule has 0 aliphatic rings. The molecule has 0 spiro atoms. The van der Waals surface area contributed by atoms with Crippen LogP contribution in [0.25, 0.3) is 28.5 Å². The smallest absolute Gasteiger partial charge is 0.351 e. The molecule has 0 radical (unpaired) electrons. The Hall–Kier alpha value is -2.99. The number of hydrogen-bond acceptors (Lipinski definition) is 5. The van der Waals surface area contributed by atoms with Gasteiger partial charge in [-0.1, -0.05) is 18.2 Å². The molecule has 23 heavy (non-hydrogen) atoms. The first-order chi connectivity index (χ1) is 11.1. The average molecular weight is 323 g/mol. The Labute approximate surface area is 136 Å². The summed E-state index contributed by atoms with van der Waals surface area (Å²) in [5.41, 5.74) is 9.01. The minimum atomic E-state index is -1.20. The molecule has 0 fully saturated rings. The second-order valence-electron chi connectivity index (χ2n) is 4.80. The Kier molecular flexibility index (Phi) is 4.16. The number of aromatic nitrogens is 2. The number of nitrogens with two attached hydrogens (primary N) is 1. The van der Waals surface area contributed by atoms with Crippen molar-refractivity contribution in [3.05, 3.63) is 64.9 Å². The first-order valence-electron chi connectivity index (χ1n) is 6.80. The van der Waals surface area contributed by atoms with E-state index in [0.717, 1.165) is 16.7 Å². The number of carboxylic acids is 1. The van der Waals surface area contributed by atoms with Crippen LogP contribution in [0, 0.1) is 0 Å². The van der Waals surface area contributed by atoms with Crippen LogP contribution in [0.5, 0.6) is 0 Å². The van der Waals surface area contributed by atoms with Gasteiger partial charge in [-0.25, -0.2) is 14.8 Å². The van der Waals surface area contributed by atoms with E-state index in [1.165, 1.54) is 6.08 Å². The molecule has 0 bridgehead atoms. The van der Waals surface area contributed by atoms with Gasteiger partial charge >= 0.3 is 5.97 Å². The molecule has 0 saturated heterocycles. The molecule has 2 aromatic heterocycles. The van der Waals surface area contributed by atoms with Crippen molar-refractivity contribution < 1.29 is 9.90 Å². The van der Waals surface area contributed by atoms with Crippen LogP contribution in [0.3, 0.4) is 0 Å². The number of thiophene rings is 1. The summed E-state index contributed by atoms with van der Waals surface area (Å²) >= 11 is 1.65. The van der Waals surface area contributed by atoms with E-state index in [-0.39, 0.29) is 11.5 Å². The molecule has 6 heteroatoms. The van der Waals surface area contributed by atoms with E-state index in [1.807, 2.05) is 29.6 Å². The summed E-state index contributed by atoms with van der Waals surface area (Å²) in [6, 6.07) is 11.8. The zero-order chi connectivity index (χ0) is 16.2. The van der Waals surface area contributed by atoms with Gasteiger partial charge in [0.25, 0.3) is 0 Å². The Morgan fingerprint density at radius 3 is 2.74 bits per heavy atom. The molecule has 0 aliphatic heterocycles. The number of hydrogen-bond donors (Lipinski definition) is 2. The lowest BCUT2D eigenvalue weighted by atomic mass is 10.0. The van der Waals surface area contributed by atoms with Crippen LogP contribution >= 0.6 is 11.3 Å². The van der Waals surface area contributed by atoms with Crippen LogP contribution in [0.15, 0.2) is 59.1 Å². The van der Waals surface area contributed by atoms with Crippen LogP contribution in [-0.4, -0.2) is 21.0 Å². The van der Waals surface area contributed by atoms with E-state index in [9.17, 15) is 4.79 Å². The van der Waals surface area contributed by atoms with E-state index in [4.69, 9.17) is 10.8 Å². The summed E-state index contributed by atoms with van der Waals surface area (Å²) in [6.07, 6.45) is 2.83. The van der Waals surface area contributed by atoms with Crippen LogP contribution in [0.2, 0.25) is 0 Å². The summed E-state index contributed by atoms with van der Waals surface area (Å²) in [7, 11) is 0. The lowest BCUT2D eigenvalue weighted by Crippen LogP contribution is -2.09. The average Bonchev–Trinajstić information content (AvgIpc) is 3.10. The zero-order valence-electron chi connectivity index (χ0n) is 12.0. The predicted molar refractivity (Wildman–Crippen MR) is 90.6 cm³/mol. The molecule has 0 unspecified atom stereocenters. The van der Waals surface area contributed by atoms with Crippen LogP contribution in [-0.2, 0) is 4.79 Å². The van der Waals surface area contributed by atoms with Crippen molar-refractivity contribution in [2.24, 2.45) is 5.73 Å². The van der Waals surface area contributed by atoms with E-state index in [1.54, 1.807) is 23.6 Å². The van der Waals surface area contributed by atoms with Crippen molar-refractivity contribution >= 4 is 23.4 Å². The highest BCUT2D eigenvalue weighted by Gasteiger charge is 2.06. The molecule has 3 N–H and O–H groups in total. The molecule has 3 rings (SSSR count). The van der Waals surface area contributed by atoms with Crippen LogP contribution < -0.4 is 5.73 Å². The fraction of sp³-hybridized carbons (Fsp3) is 0. The van der Waals surface area contributed by atoms with Gasteiger partial charge in [0.2, 0.25) is 0 Å². The Morgan fingerprint density at radius 1 is 1.17 bits per heavy atom. The van der Waals surface area contributed by atoms with Crippen molar-refractivity contribution in [1.82, 2.24) is 9.97 Å². The minimum Gasteiger partial charge on any atom is -0.477 e. The molecule has 5 nitrogen and oxygen atoms in total. The highest BCUT2D eigenvalue weighted by atomic mass is 32.1. The fourth-order valence-corrected chi connectivity index (χ4v) is 2.76. The van der Waals surface area contributed by atoms with Gasteiger partial charge in [-0.05, 0) is 40.1 Å². The van der Waals surface area contributed by atoms with E-state index < -0.39 is 5.97 Å². The first-order valence-corrected chi connectivity index (χ1v) is 7.74. The molecule has 3 aromatic rings. The van der Waals surface area contributed by atoms with E-state index >= 15 is 0 Å². The Balaban J connectivity index is 1.98. The molecule has 114 valence electrons. The molecular formula is C17H13N3O2S. The van der Waals surface area contributed by atoms with Gasteiger partial charge in [-0.2, -0.15) is 11.3 Å². The quantitative estimate of drug-likeness (QED) is 0.719. The molecule has 0 amide bonds. The number of rotatable bonds is 4. The summed E-state index contributed by atoms with van der Waals surface area (Å²) in [5.74, 6) is -0.929. The second-order valence-corrected chi connectivity index (χ2v) is 5.58. The van der Waals surface area contributed by atoms with Crippen LogP contribution in [0.1, 0.15) is 5.82 Å². The highest BCUT2D eigenvalue weighted by Crippen LogP contribution is 2.26. The summed E-state index contributed by atoms with van der Waals surface area (Å²) in [6.45, 7) is 0. The number of carbonyl (C=O) groups is 1. The van der Waals surface area contributed by atoms with Crippen molar-refractivity contribution in [3.8, 4) is 22.4 Å². The molecule has 1 aromatic carbocycles. The third-order valence-corrected chi connectivity index (χ3v) is 3.90. The predicted octanol–water partition coefficient (Wildman–Crippen LogP) is 3.26. The third kappa shape index (κ3) is 3.44. The maximum atomic E-state index is 10.8. The highest BCUT2D eigenvalue weighted by molar-refractivity contribution is 7.08. The largest absolute Gasteiger partial charge is 0.477 e. The normalized spacial score (nSPS) is 11.4. The monoisotopic (exact) mass is 323 g/mol. The Bertz CT molecular complexity index is 873. The van der Waals surface area contributed by atoms with Gasteiger partial charge in [0.05, 0.1) is 5.69 Å². The third-order valence-electron chi connectivity index (χ3n) is 3.22. The molecule has 2 heterocycles. The van der Waals surface area contributed by atoms with Gasteiger partial charge in [0, 0.05) is 17.8 Å². The van der Waals surface area contributed by atoms with Gasteiger partial charge < -0.3 is 10.8 Å². The van der Waals surface area contributed by atoms with Gasteiger partial charge in [-0.15, -0.1) is 0 Å². The number of nitrogens with zero attached hydrogens (tertiary/aromatic N) is 2. The molecule has 0 aliphatic carbocycles. The number of aliphatic carboxylic acids is 1. The SMILES string of the molecule is NC(=Cc1nccc(-c2cccc(-c3ccsc3)c2)n1)C(=O)O. The van der Waals surface area contributed by atoms with E-state index in [0.29, 0.717) is 5.69 Å². The standard InChI is InChI=1S/C17H13N3O2S/c18-14(17(21)22)9-16-19-6-4-15(20-16)12-3-1-2-11(8-12)13-5-7-23-10-13/h1-10H,18H2,(H,21,22). The van der Waals surface area contributed by atoms with Crippen molar-refractivity contribution in [2.45, 2.75) is 0 Å². The molecular weight excluding hydrogens is 310 g/mol. The first kappa shape index (κ1) is 14.9. The number of benzene rings is 1. The van der Waals surface area contributed by atoms with Gasteiger partial charge in [-0.3, -0.25) is 0 Å².